The third kappa shape index (κ3) is 3.81. The van der Waals surface area contributed by atoms with Crippen LogP contribution in [0.1, 0.15) is 16.7 Å². The minimum Gasteiger partial charge on any atom is -0.740 e. The van der Waals surface area contributed by atoms with Gasteiger partial charge in [-0.15, -0.1) is 4.68 Å². The maximum absolute atomic E-state index is 13.2. The molecule has 3 aromatic rings. The van der Waals surface area contributed by atoms with Gasteiger partial charge in [-0.1, -0.05) is 24.3 Å². The lowest BCUT2D eigenvalue weighted by Gasteiger charge is -2.16. The van der Waals surface area contributed by atoms with E-state index in [4.69, 9.17) is 0 Å². The average Bonchev–Trinajstić information content (AvgIpc) is 2.96. The summed E-state index contributed by atoms with van der Waals surface area (Å²) in [5.41, 5.74) is 1.87. The van der Waals surface area contributed by atoms with Gasteiger partial charge in [-0.2, -0.15) is 0 Å². The van der Waals surface area contributed by atoms with Crippen LogP contribution in [0.3, 0.4) is 0 Å². The summed E-state index contributed by atoms with van der Waals surface area (Å²) in [6.45, 7) is 0. The van der Waals surface area contributed by atoms with E-state index in [9.17, 15) is 14.0 Å². The van der Waals surface area contributed by atoms with Crippen molar-refractivity contribution in [2.45, 2.75) is 11.7 Å². The van der Waals surface area contributed by atoms with Crippen LogP contribution in [-0.2, 0) is 6.17 Å². The molecule has 0 aliphatic rings. The fourth-order valence-corrected chi connectivity index (χ4v) is 3.70. The molecule has 0 spiro atoms. The molecule has 7 heteroatoms. The SMILES string of the molecule is [O-][n+]1cnn(C[Si]C(c2ccc(F)cc2)c2ccc(F)cc2)c1. The molecule has 0 N–H and O–H groups in total. The summed E-state index contributed by atoms with van der Waals surface area (Å²) in [4.78, 5) is 0. The summed E-state index contributed by atoms with van der Waals surface area (Å²) in [5, 5.41) is 15.1. The highest BCUT2D eigenvalue weighted by Crippen LogP contribution is 2.24. The van der Waals surface area contributed by atoms with Crippen LogP contribution in [0.15, 0.2) is 61.2 Å². The van der Waals surface area contributed by atoms with Gasteiger partial charge in [0.25, 0.3) is 6.33 Å². The van der Waals surface area contributed by atoms with Gasteiger partial charge in [0.15, 0.2) is 0 Å². The number of nitrogens with zero attached hydrogens (tertiary/aromatic N) is 3. The monoisotopic (exact) mass is 329 g/mol. The number of hydrogen-bond acceptors (Lipinski definition) is 2. The van der Waals surface area contributed by atoms with Crippen molar-refractivity contribution < 1.29 is 13.5 Å². The van der Waals surface area contributed by atoms with E-state index in [0.29, 0.717) is 20.4 Å². The first-order valence-electron chi connectivity index (χ1n) is 6.97. The Balaban J connectivity index is 1.86. The van der Waals surface area contributed by atoms with Crippen LogP contribution >= 0.6 is 0 Å². The number of hydrogen-bond donors (Lipinski definition) is 0. The first kappa shape index (κ1) is 15.4. The lowest BCUT2D eigenvalue weighted by Crippen LogP contribution is -2.22. The van der Waals surface area contributed by atoms with Crippen LogP contribution in [0.25, 0.3) is 0 Å². The summed E-state index contributed by atoms with van der Waals surface area (Å²) in [5.74, 6) is -0.594. The highest BCUT2D eigenvalue weighted by molar-refractivity contribution is 6.37. The lowest BCUT2D eigenvalue weighted by molar-refractivity contribution is -0.606. The number of rotatable bonds is 5. The van der Waals surface area contributed by atoms with E-state index in [1.807, 2.05) is 0 Å². The zero-order valence-electron chi connectivity index (χ0n) is 12.1. The van der Waals surface area contributed by atoms with E-state index >= 15 is 0 Å². The Morgan fingerprint density at radius 1 is 1.00 bits per heavy atom. The smallest absolute Gasteiger partial charge is 0.265 e. The van der Waals surface area contributed by atoms with Crippen molar-refractivity contribution in [3.05, 3.63) is 89.2 Å². The quantitative estimate of drug-likeness (QED) is 0.409. The summed E-state index contributed by atoms with van der Waals surface area (Å²) < 4.78 is 28.5. The standard InChI is InChI=1S/C16H13F2N3OSi/c17-14-5-1-12(2-6-14)16(13-3-7-15(18)8-4-13)23-11-20-10-21(22)9-19-20/h1-10,16H,11H2. The first-order chi connectivity index (χ1) is 11.1. The second kappa shape index (κ2) is 6.70. The summed E-state index contributed by atoms with van der Waals surface area (Å²) in [6.07, 6.45) is 3.10. The fraction of sp³-hybridized carbons (Fsp3) is 0.125. The molecule has 0 atom stereocenters. The van der Waals surface area contributed by atoms with Gasteiger partial charge in [-0.25, -0.2) is 8.78 Å². The van der Waals surface area contributed by atoms with Crippen LogP contribution < -0.4 is 4.73 Å². The molecule has 0 fully saturated rings. The van der Waals surface area contributed by atoms with Crippen LogP contribution in [0, 0.1) is 16.8 Å². The van der Waals surface area contributed by atoms with Crippen molar-refractivity contribution in [3.63, 3.8) is 0 Å². The fourth-order valence-electron chi connectivity index (χ4n) is 2.31. The van der Waals surface area contributed by atoms with Crippen molar-refractivity contribution in [1.29, 1.82) is 0 Å². The van der Waals surface area contributed by atoms with Gasteiger partial charge in [0.1, 0.15) is 21.2 Å². The molecule has 0 amide bonds. The molecule has 4 nitrogen and oxygen atoms in total. The zero-order valence-corrected chi connectivity index (χ0v) is 13.1. The average molecular weight is 329 g/mol. The van der Waals surface area contributed by atoms with E-state index in [-0.39, 0.29) is 17.2 Å². The molecule has 1 aromatic heterocycles. The molecule has 1 heterocycles. The van der Waals surface area contributed by atoms with Crippen molar-refractivity contribution in [3.8, 4) is 0 Å². The number of halogens is 2. The van der Waals surface area contributed by atoms with E-state index in [1.54, 1.807) is 28.9 Å². The minimum absolute atomic E-state index is 0.0134. The Morgan fingerprint density at radius 3 is 1.96 bits per heavy atom. The molecule has 23 heavy (non-hydrogen) atoms. The molecule has 2 radical (unpaired) electrons. The third-order valence-corrected chi connectivity index (χ3v) is 5.01. The highest BCUT2D eigenvalue weighted by Gasteiger charge is 2.17. The number of benzene rings is 2. The van der Waals surface area contributed by atoms with Gasteiger partial charge >= 0.3 is 0 Å². The second-order valence-electron chi connectivity index (χ2n) is 5.04. The van der Waals surface area contributed by atoms with Crippen molar-refractivity contribution in [1.82, 2.24) is 9.78 Å². The number of aromatic nitrogens is 3. The van der Waals surface area contributed by atoms with Crippen molar-refractivity contribution in [2.24, 2.45) is 0 Å². The molecule has 0 aliphatic carbocycles. The first-order valence-corrected chi connectivity index (χ1v) is 8.26. The van der Waals surface area contributed by atoms with Crippen LogP contribution in [0.4, 0.5) is 8.78 Å². The largest absolute Gasteiger partial charge is 0.740 e. The zero-order chi connectivity index (χ0) is 16.2. The van der Waals surface area contributed by atoms with Crippen LogP contribution in [0.5, 0.6) is 0 Å². The molecule has 3 rings (SSSR count). The van der Waals surface area contributed by atoms with E-state index in [2.05, 4.69) is 5.10 Å². The Kier molecular flexibility index (Phi) is 4.47. The summed E-state index contributed by atoms with van der Waals surface area (Å²) in [6, 6.07) is 12.6. The maximum atomic E-state index is 13.2. The molecular formula is C16H13F2N3OSi. The van der Waals surface area contributed by atoms with Crippen LogP contribution in [-0.4, -0.2) is 19.3 Å². The molecule has 2 aromatic carbocycles. The topological polar surface area (TPSA) is 44.8 Å². The van der Waals surface area contributed by atoms with Gasteiger partial charge in [0, 0.05) is 10.6 Å². The summed E-state index contributed by atoms with van der Waals surface area (Å²) >= 11 is 0. The Hall–Kier alpha value is -2.54. The molecule has 0 saturated carbocycles. The lowest BCUT2D eigenvalue weighted by atomic mass is 10.0. The van der Waals surface area contributed by atoms with Crippen molar-refractivity contribution >= 4 is 9.52 Å². The maximum Gasteiger partial charge on any atom is 0.265 e. The minimum atomic E-state index is -0.297. The van der Waals surface area contributed by atoms with E-state index in [0.717, 1.165) is 11.1 Å². The highest BCUT2D eigenvalue weighted by atomic mass is 28.2. The van der Waals surface area contributed by atoms with Crippen molar-refractivity contribution in [2.75, 3.05) is 0 Å². The van der Waals surface area contributed by atoms with E-state index in [1.165, 1.54) is 36.9 Å². The molecule has 0 saturated heterocycles. The Bertz CT molecular complexity index is 729. The van der Waals surface area contributed by atoms with Gasteiger partial charge in [0.2, 0.25) is 6.33 Å². The second-order valence-corrected chi connectivity index (χ2v) is 6.35. The summed E-state index contributed by atoms with van der Waals surface area (Å²) in [7, 11) is 0.366. The van der Waals surface area contributed by atoms with Gasteiger partial charge in [0.05, 0.1) is 6.17 Å². The predicted molar refractivity (Wildman–Crippen MR) is 81.6 cm³/mol. The van der Waals surface area contributed by atoms with E-state index < -0.39 is 0 Å². The molecule has 0 aliphatic heterocycles. The molecule has 0 bridgehead atoms. The van der Waals surface area contributed by atoms with Gasteiger partial charge in [-0.3, -0.25) is 4.73 Å². The van der Waals surface area contributed by atoms with Gasteiger partial charge in [-0.05, 0) is 35.4 Å². The molecule has 116 valence electrons. The van der Waals surface area contributed by atoms with Gasteiger partial charge < -0.3 is 5.21 Å². The Labute approximate surface area is 134 Å². The van der Waals surface area contributed by atoms with Crippen LogP contribution in [0.2, 0.25) is 0 Å². The Morgan fingerprint density at radius 2 is 1.52 bits per heavy atom. The third-order valence-electron chi connectivity index (χ3n) is 3.42. The molecule has 0 unspecified atom stereocenters. The predicted octanol–water partition coefficient (Wildman–Crippen LogP) is 2.25. The normalized spacial score (nSPS) is 11.1. The molecular weight excluding hydrogens is 316 g/mol.